The van der Waals surface area contributed by atoms with Crippen LogP contribution in [0.5, 0.6) is 0 Å². The van der Waals surface area contributed by atoms with Gasteiger partial charge in [0.05, 0.1) is 0 Å². The molecular weight excluding hydrogens is 238 g/mol. The van der Waals surface area contributed by atoms with Crippen molar-refractivity contribution in [3.63, 3.8) is 0 Å². The summed E-state index contributed by atoms with van der Waals surface area (Å²) in [5.41, 5.74) is 1.63. The van der Waals surface area contributed by atoms with E-state index >= 15 is 0 Å². The molecule has 0 saturated heterocycles. The molecule has 0 radical (unpaired) electrons. The second-order valence-electron chi connectivity index (χ2n) is 5.13. The lowest BCUT2D eigenvalue weighted by molar-refractivity contribution is 0.0946. The number of nitrogens with zero attached hydrogens (tertiary/aromatic N) is 2. The third-order valence-corrected chi connectivity index (χ3v) is 3.24. The normalized spacial score (nSPS) is 14.2. The fourth-order valence-electron chi connectivity index (χ4n) is 2.14. The van der Waals surface area contributed by atoms with E-state index in [-0.39, 0.29) is 5.91 Å². The molecule has 4 nitrogen and oxygen atoms in total. The van der Waals surface area contributed by atoms with Gasteiger partial charge in [-0.3, -0.25) is 9.78 Å². The van der Waals surface area contributed by atoms with Crippen LogP contribution in [0, 0.1) is 0 Å². The maximum absolute atomic E-state index is 12.0. The molecule has 1 heterocycles. The zero-order valence-electron chi connectivity index (χ0n) is 11.9. The molecule has 19 heavy (non-hydrogen) atoms. The minimum absolute atomic E-state index is 0.0442. The summed E-state index contributed by atoms with van der Waals surface area (Å²) in [6.07, 6.45) is 6.14. The third kappa shape index (κ3) is 3.94. The quantitative estimate of drug-likeness (QED) is 0.820. The molecule has 0 aromatic carbocycles. The van der Waals surface area contributed by atoms with Gasteiger partial charge in [0, 0.05) is 31.0 Å². The molecular formula is C15H23N3O. The fraction of sp³-hybridized carbons (Fsp3) is 0.600. The number of pyridine rings is 1. The van der Waals surface area contributed by atoms with E-state index in [0.29, 0.717) is 11.7 Å². The highest BCUT2D eigenvalue weighted by molar-refractivity contribution is 5.93. The fourth-order valence-corrected chi connectivity index (χ4v) is 2.14. The predicted molar refractivity (Wildman–Crippen MR) is 77.5 cm³/mol. The van der Waals surface area contributed by atoms with Crippen LogP contribution in [-0.4, -0.2) is 30.0 Å². The molecule has 0 unspecified atom stereocenters. The Morgan fingerprint density at radius 2 is 2.05 bits per heavy atom. The maximum atomic E-state index is 12.0. The van der Waals surface area contributed by atoms with Crippen LogP contribution < -0.4 is 10.2 Å². The van der Waals surface area contributed by atoms with E-state index in [1.807, 2.05) is 12.1 Å². The first-order valence-corrected chi connectivity index (χ1v) is 7.26. The highest BCUT2D eigenvalue weighted by atomic mass is 16.2. The summed E-state index contributed by atoms with van der Waals surface area (Å²) < 4.78 is 0. The molecule has 1 saturated carbocycles. The number of amides is 1. The largest absolute Gasteiger partial charge is 0.371 e. The van der Waals surface area contributed by atoms with Crippen LogP contribution in [0.3, 0.4) is 0 Å². The topological polar surface area (TPSA) is 45.2 Å². The van der Waals surface area contributed by atoms with Crippen LogP contribution in [0.1, 0.15) is 50.0 Å². The van der Waals surface area contributed by atoms with Crippen molar-refractivity contribution in [2.24, 2.45) is 0 Å². The summed E-state index contributed by atoms with van der Waals surface area (Å²) in [5, 5.41) is 2.98. The number of aromatic nitrogens is 1. The first-order chi connectivity index (χ1) is 9.24. The van der Waals surface area contributed by atoms with Crippen molar-refractivity contribution in [3.05, 3.63) is 24.0 Å². The van der Waals surface area contributed by atoms with Crippen molar-refractivity contribution >= 4 is 11.6 Å². The molecule has 0 bridgehead atoms. The van der Waals surface area contributed by atoms with Crippen LogP contribution in [-0.2, 0) is 0 Å². The first-order valence-electron chi connectivity index (χ1n) is 7.26. The summed E-state index contributed by atoms with van der Waals surface area (Å²) in [6, 6.07) is 4.27. The van der Waals surface area contributed by atoms with Gasteiger partial charge in [0.25, 0.3) is 5.91 Å². The molecule has 1 aromatic rings. The van der Waals surface area contributed by atoms with Crippen molar-refractivity contribution in [2.75, 3.05) is 18.0 Å². The summed E-state index contributed by atoms with van der Waals surface area (Å²) in [6.45, 7) is 6.37. The van der Waals surface area contributed by atoms with E-state index in [2.05, 4.69) is 29.0 Å². The minimum atomic E-state index is -0.0442. The van der Waals surface area contributed by atoms with Crippen LogP contribution in [0.4, 0.5) is 5.69 Å². The molecule has 1 fully saturated rings. The second-order valence-corrected chi connectivity index (χ2v) is 5.13. The molecule has 0 spiro atoms. The monoisotopic (exact) mass is 261 g/mol. The highest BCUT2D eigenvalue weighted by Gasteiger charge is 2.24. The Hall–Kier alpha value is -1.58. The van der Waals surface area contributed by atoms with Gasteiger partial charge in [0.15, 0.2) is 0 Å². The molecule has 0 atom stereocenters. The van der Waals surface area contributed by atoms with Gasteiger partial charge in [-0.2, -0.15) is 0 Å². The van der Waals surface area contributed by atoms with Crippen LogP contribution in [0.25, 0.3) is 0 Å². The average Bonchev–Trinajstić information content (AvgIpc) is 3.22. The number of carbonyl (C=O) groups is 1. The number of carbonyl (C=O) groups excluding carboxylic acids is 1. The molecule has 1 N–H and O–H groups in total. The first kappa shape index (κ1) is 13.8. The Labute approximate surface area is 115 Å². The Bertz CT molecular complexity index is 423. The summed E-state index contributed by atoms with van der Waals surface area (Å²) in [4.78, 5) is 18.5. The smallest absolute Gasteiger partial charge is 0.270 e. The average molecular weight is 261 g/mol. The van der Waals surface area contributed by atoms with Gasteiger partial charge in [0.1, 0.15) is 5.69 Å². The summed E-state index contributed by atoms with van der Waals surface area (Å²) >= 11 is 0. The third-order valence-electron chi connectivity index (χ3n) is 3.24. The van der Waals surface area contributed by atoms with E-state index in [4.69, 9.17) is 0 Å². The lowest BCUT2D eigenvalue weighted by atomic mass is 10.2. The molecule has 1 amide bonds. The van der Waals surface area contributed by atoms with Crippen molar-refractivity contribution in [3.8, 4) is 0 Å². The van der Waals surface area contributed by atoms with Crippen LogP contribution in [0.2, 0.25) is 0 Å². The van der Waals surface area contributed by atoms with Gasteiger partial charge < -0.3 is 10.2 Å². The van der Waals surface area contributed by atoms with Gasteiger partial charge in [-0.1, -0.05) is 13.8 Å². The van der Waals surface area contributed by atoms with Gasteiger partial charge >= 0.3 is 0 Å². The SMILES string of the molecule is CCCN(CCC)c1ccnc(C(=O)NC2CC2)c1. The standard InChI is InChI=1S/C15H23N3O/c1-3-9-18(10-4-2)13-7-8-16-14(11-13)15(19)17-12-5-6-12/h7-8,11-12H,3-6,9-10H2,1-2H3,(H,17,19). The van der Waals surface area contributed by atoms with E-state index in [1.165, 1.54) is 0 Å². The van der Waals surface area contributed by atoms with Gasteiger partial charge in [-0.25, -0.2) is 0 Å². The van der Waals surface area contributed by atoms with E-state index in [0.717, 1.165) is 44.5 Å². The highest BCUT2D eigenvalue weighted by Crippen LogP contribution is 2.20. The maximum Gasteiger partial charge on any atom is 0.270 e. The minimum Gasteiger partial charge on any atom is -0.371 e. The summed E-state index contributed by atoms with van der Waals surface area (Å²) in [7, 11) is 0. The Balaban J connectivity index is 2.09. The molecule has 4 heteroatoms. The molecule has 0 aliphatic heterocycles. The van der Waals surface area contributed by atoms with E-state index in [9.17, 15) is 4.79 Å². The number of rotatable bonds is 7. The van der Waals surface area contributed by atoms with Gasteiger partial charge in [0.2, 0.25) is 0 Å². The van der Waals surface area contributed by atoms with E-state index < -0.39 is 0 Å². The molecule has 104 valence electrons. The molecule has 1 aliphatic rings. The zero-order valence-corrected chi connectivity index (χ0v) is 11.9. The number of hydrogen-bond donors (Lipinski definition) is 1. The van der Waals surface area contributed by atoms with Gasteiger partial charge in [-0.15, -0.1) is 0 Å². The lowest BCUT2D eigenvalue weighted by Gasteiger charge is -2.23. The van der Waals surface area contributed by atoms with E-state index in [1.54, 1.807) is 6.20 Å². The van der Waals surface area contributed by atoms with Crippen molar-refractivity contribution in [1.29, 1.82) is 0 Å². The van der Waals surface area contributed by atoms with Crippen LogP contribution >= 0.6 is 0 Å². The zero-order chi connectivity index (χ0) is 13.7. The number of hydrogen-bond acceptors (Lipinski definition) is 3. The Kier molecular flexibility index (Phi) is 4.77. The number of nitrogens with one attached hydrogen (secondary N) is 1. The predicted octanol–water partition coefficient (Wildman–Crippen LogP) is 2.60. The van der Waals surface area contributed by atoms with Crippen molar-refractivity contribution in [1.82, 2.24) is 10.3 Å². The Morgan fingerprint density at radius 3 is 2.63 bits per heavy atom. The Morgan fingerprint density at radius 1 is 1.37 bits per heavy atom. The lowest BCUT2D eigenvalue weighted by Crippen LogP contribution is -2.28. The second kappa shape index (κ2) is 6.55. The molecule has 2 rings (SSSR count). The summed E-state index contributed by atoms with van der Waals surface area (Å²) in [5.74, 6) is -0.0442. The van der Waals surface area contributed by atoms with Crippen molar-refractivity contribution < 1.29 is 4.79 Å². The molecule has 1 aromatic heterocycles. The van der Waals surface area contributed by atoms with Crippen molar-refractivity contribution in [2.45, 2.75) is 45.6 Å². The van der Waals surface area contributed by atoms with Crippen LogP contribution in [0.15, 0.2) is 18.3 Å². The van der Waals surface area contributed by atoms with Gasteiger partial charge in [-0.05, 0) is 37.8 Å². The number of anilines is 1. The molecule has 1 aliphatic carbocycles.